The summed E-state index contributed by atoms with van der Waals surface area (Å²) in [6.45, 7) is 4.96. The van der Waals surface area contributed by atoms with E-state index in [2.05, 4.69) is 55.6 Å². The number of nitrogens with one attached hydrogen (secondary N) is 1. The van der Waals surface area contributed by atoms with Gasteiger partial charge in [-0.3, -0.25) is 0 Å². The van der Waals surface area contributed by atoms with Crippen LogP contribution in [0.5, 0.6) is 5.75 Å². The van der Waals surface area contributed by atoms with Crippen molar-refractivity contribution in [3.8, 4) is 5.75 Å². The van der Waals surface area contributed by atoms with Crippen molar-refractivity contribution in [2.75, 3.05) is 13.7 Å². The lowest BCUT2D eigenvalue weighted by atomic mass is 10.0. The summed E-state index contributed by atoms with van der Waals surface area (Å²) in [5, 5.41) is 3.39. The number of likely N-dealkylation sites (N-methyl/N-ethyl adjacent to an activating group) is 1. The van der Waals surface area contributed by atoms with Crippen molar-refractivity contribution < 1.29 is 4.74 Å². The highest BCUT2D eigenvalue weighted by Gasteiger charge is 2.08. The topological polar surface area (TPSA) is 21.3 Å². The zero-order chi connectivity index (χ0) is 15.1. The van der Waals surface area contributed by atoms with Crippen LogP contribution < -0.4 is 10.1 Å². The van der Waals surface area contributed by atoms with Gasteiger partial charge in [0.1, 0.15) is 5.75 Å². The van der Waals surface area contributed by atoms with Gasteiger partial charge in [0.2, 0.25) is 0 Å². The highest BCUT2D eigenvalue weighted by molar-refractivity contribution is 5.27. The molecule has 0 bridgehead atoms. The molecule has 0 fully saturated rings. The van der Waals surface area contributed by atoms with Gasteiger partial charge in [-0.05, 0) is 57.0 Å². The Labute approximate surface area is 128 Å². The Bertz CT molecular complexity index is 565. The van der Waals surface area contributed by atoms with E-state index < -0.39 is 0 Å². The first-order valence-corrected chi connectivity index (χ1v) is 7.59. The Morgan fingerprint density at radius 2 is 1.71 bits per heavy atom. The summed E-state index contributed by atoms with van der Waals surface area (Å²) in [5.41, 5.74) is 3.93. The summed E-state index contributed by atoms with van der Waals surface area (Å²) in [5.74, 6) is 0.959. The number of rotatable bonds is 7. The molecule has 21 heavy (non-hydrogen) atoms. The van der Waals surface area contributed by atoms with E-state index in [1.54, 1.807) is 0 Å². The molecule has 2 nitrogen and oxygen atoms in total. The number of benzene rings is 2. The SMILES string of the molecule is CNC(CCOc1cccc(C)c1)Cc1cccc(C)c1. The second-order valence-corrected chi connectivity index (χ2v) is 5.63. The molecule has 0 saturated heterocycles. The molecule has 2 heteroatoms. The van der Waals surface area contributed by atoms with E-state index in [0.717, 1.165) is 25.2 Å². The van der Waals surface area contributed by atoms with Crippen LogP contribution in [0, 0.1) is 13.8 Å². The summed E-state index contributed by atoms with van der Waals surface area (Å²) in [4.78, 5) is 0. The number of hydrogen-bond donors (Lipinski definition) is 1. The Hall–Kier alpha value is -1.80. The molecular weight excluding hydrogens is 258 g/mol. The fourth-order valence-electron chi connectivity index (χ4n) is 2.50. The van der Waals surface area contributed by atoms with Gasteiger partial charge in [-0.2, -0.15) is 0 Å². The second-order valence-electron chi connectivity index (χ2n) is 5.63. The molecule has 0 aliphatic rings. The van der Waals surface area contributed by atoms with Gasteiger partial charge in [0.05, 0.1) is 6.61 Å². The lowest BCUT2D eigenvalue weighted by Crippen LogP contribution is -2.29. The Kier molecular flexibility index (Phi) is 5.82. The molecule has 112 valence electrons. The van der Waals surface area contributed by atoms with Gasteiger partial charge >= 0.3 is 0 Å². The molecule has 0 amide bonds. The fraction of sp³-hybridized carbons (Fsp3) is 0.368. The van der Waals surface area contributed by atoms with Crippen LogP contribution in [-0.4, -0.2) is 19.7 Å². The molecular formula is C19H25NO. The number of hydrogen-bond acceptors (Lipinski definition) is 2. The first kappa shape index (κ1) is 15.6. The zero-order valence-corrected chi connectivity index (χ0v) is 13.2. The van der Waals surface area contributed by atoms with Gasteiger partial charge in [0.25, 0.3) is 0 Å². The lowest BCUT2D eigenvalue weighted by Gasteiger charge is -2.17. The standard InChI is InChI=1S/C19H25NO/c1-15-6-4-8-17(12-15)14-18(20-3)10-11-21-19-9-5-7-16(2)13-19/h4-9,12-13,18,20H,10-11,14H2,1-3H3. The van der Waals surface area contributed by atoms with Crippen molar-refractivity contribution in [1.29, 1.82) is 0 Å². The molecule has 1 N–H and O–H groups in total. The van der Waals surface area contributed by atoms with Crippen LogP contribution in [0.15, 0.2) is 48.5 Å². The van der Waals surface area contributed by atoms with E-state index in [0.29, 0.717) is 6.04 Å². The molecule has 0 radical (unpaired) electrons. The molecule has 0 aliphatic carbocycles. The maximum absolute atomic E-state index is 5.84. The first-order chi connectivity index (χ1) is 10.2. The van der Waals surface area contributed by atoms with Crippen molar-refractivity contribution in [2.45, 2.75) is 32.7 Å². The summed E-state index contributed by atoms with van der Waals surface area (Å²) in [7, 11) is 2.02. The smallest absolute Gasteiger partial charge is 0.119 e. The molecule has 0 heterocycles. The van der Waals surface area contributed by atoms with Crippen LogP contribution in [0.4, 0.5) is 0 Å². The third kappa shape index (κ3) is 5.24. The second kappa shape index (κ2) is 7.84. The van der Waals surface area contributed by atoms with E-state index >= 15 is 0 Å². The molecule has 1 unspecified atom stereocenters. The zero-order valence-electron chi connectivity index (χ0n) is 13.2. The quantitative estimate of drug-likeness (QED) is 0.832. The monoisotopic (exact) mass is 283 g/mol. The summed E-state index contributed by atoms with van der Waals surface area (Å²) in [6.07, 6.45) is 2.04. The van der Waals surface area contributed by atoms with Gasteiger partial charge in [-0.25, -0.2) is 0 Å². The highest BCUT2D eigenvalue weighted by atomic mass is 16.5. The van der Waals surface area contributed by atoms with Crippen LogP contribution in [0.25, 0.3) is 0 Å². The average molecular weight is 283 g/mol. The van der Waals surface area contributed by atoms with E-state index in [4.69, 9.17) is 4.74 Å². The molecule has 1 atom stereocenters. The van der Waals surface area contributed by atoms with Crippen LogP contribution in [-0.2, 0) is 6.42 Å². The molecule has 2 rings (SSSR count). The van der Waals surface area contributed by atoms with Gasteiger partial charge in [-0.15, -0.1) is 0 Å². The molecule has 0 saturated carbocycles. The highest BCUT2D eigenvalue weighted by Crippen LogP contribution is 2.14. The minimum atomic E-state index is 0.441. The Balaban J connectivity index is 1.82. The number of ether oxygens (including phenoxy) is 1. The van der Waals surface area contributed by atoms with E-state index in [1.807, 2.05) is 19.2 Å². The van der Waals surface area contributed by atoms with Crippen molar-refractivity contribution in [3.05, 3.63) is 65.2 Å². The number of aryl methyl sites for hydroxylation is 2. The molecule has 2 aromatic rings. The molecule has 0 aliphatic heterocycles. The van der Waals surface area contributed by atoms with Gasteiger partial charge in [0, 0.05) is 6.04 Å². The minimum Gasteiger partial charge on any atom is -0.494 e. The predicted molar refractivity (Wildman–Crippen MR) is 89.0 cm³/mol. The minimum absolute atomic E-state index is 0.441. The van der Waals surface area contributed by atoms with Crippen LogP contribution in [0.2, 0.25) is 0 Å². The lowest BCUT2D eigenvalue weighted by molar-refractivity contribution is 0.288. The van der Waals surface area contributed by atoms with Crippen molar-refractivity contribution in [2.24, 2.45) is 0 Å². The Morgan fingerprint density at radius 1 is 1.00 bits per heavy atom. The Morgan fingerprint density at radius 3 is 2.38 bits per heavy atom. The van der Waals surface area contributed by atoms with Crippen LogP contribution in [0.3, 0.4) is 0 Å². The van der Waals surface area contributed by atoms with E-state index in [9.17, 15) is 0 Å². The third-order valence-electron chi connectivity index (χ3n) is 3.70. The van der Waals surface area contributed by atoms with Crippen LogP contribution in [0.1, 0.15) is 23.1 Å². The van der Waals surface area contributed by atoms with Gasteiger partial charge in [0.15, 0.2) is 0 Å². The van der Waals surface area contributed by atoms with Gasteiger partial charge < -0.3 is 10.1 Å². The molecule has 0 spiro atoms. The largest absolute Gasteiger partial charge is 0.494 e. The summed E-state index contributed by atoms with van der Waals surface area (Å²) >= 11 is 0. The van der Waals surface area contributed by atoms with Crippen molar-refractivity contribution in [1.82, 2.24) is 5.32 Å². The fourth-order valence-corrected chi connectivity index (χ4v) is 2.50. The van der Waals surface area contributed by atoms with E-state index in [-0.39, 0.29) is 0 Å². The molecule has 0 aromatic heterocycles. The average Bonchev–Trinajstić information content (AvgIpc) is 2.46. The van der Waals surface area contributed by atoms with Crippen molar-refractivity contribution >= 4 is 0 Å². The maximum atomic E-state index is 5.84. The van der Waals surface area contributed by atoms with Crippen molar-refractivity contribution in [3.63, 3.8) is 0 Å². The van der Waals surface area contributed by atoms with Crippen LogP contribution >= 0.6 is 0 Å². The maximum Gasteiger partial charge on any atom is 0.119 e. The normalized spacial score (nSPS) is 12.1. The van der Waals surface area contributed by atoms with Gasteiger partial charge in [-0.1, -0.05) is 42.0 Å². The molecule has 2 aromatic carbocycles. The summed E-state index contributed by atoms with van der Waals surface area (Å²) < 4.78 is 5.84. The predicted octanol–water partition coefficient (Wildman–Crippen LogP) is 3.90. The van der Waals surface area contributed by atoms with E-state index in [1.165, 1.54) is 16.7 Å². The summed E-state index contributed by atoms with van der Waals surface area (Å²) in [6, 6.07) is 17.4. The third-order valence-corrected chi connectivity index (χ3v) is 3.70. The first-order valence-electron chi connectivity index (χ1n) is 7.59.